The van der Waals surface area contributed by atoms with Crippen LogP contribution in [0.25, 0.3) is 28.2 Å². The summed E-state index contributed by atoms with van der Waals surface area (Å²) in [4.78, 5) is 24.9. The minimum atomic E-state index is -0.233. The SMILES string of the molecule is Cc1c(-c2ccccc2)[nH]c2nc3c(nc(Br)n3CCO)c(=O)n12. The molecule has 1 aromatic carbocycles. The molecule has 8 heteroatoms. The zero-order chi connectivity index (χ0) is 16.8. The molecule has 7 nitrogen and oxygen atoms in total. The molecular weight excluding hydrogens is 374 g/mol. The Balaban J connectivity index is 2.07. The van der Waals surface area contributed by atoms with E-state index in [0.29, 0.717) is 22.7 Å². The number of aliphatic hydroxyl groups excluding tert-OH is 1. The van der Waals surface area contributed by atoms with Crippen LogP contribution in [0.15, 0.2) is 39.9 Å². The molecule has 2 N–H and O–H groups in total. The van der Waals surface area contributed by atoms with Crippen molar-refractivity contribution >= 4 is 32.9 Å². The minimum Gasteiger partial charge on any atom is -0.395 e. The van der Waals surface area contributed by atoms with E-state index < -0.39 is 0 Å². The van der Waals surface area contributed by atoms with Crippen molar-refractivity contribution in [3.63, 3.8) is 0 Å². The van der Waals surface area contributed by atoms with E-state index in [-0.39, 0.29) is 17.7 Å². The van der Waals surface area contributed by atoms with Crippen molar-refractivity contribution in [2.75, 3.05) is 6.61 Å². The number of nitrogens with zero attached hydrogens (tertiary/aromatic N) is 4. The lowest BCUT2D eigenvalue weighted by molar-refractivity contribution is 0.276. The Bertz CT molecular complexity index is 1110. The van der Waals surface area contributed by atoms with Crippen LogP contribution < -0.4 is 5.56 Å². The van der Waals surface area contributed by atoms with Crippen LogP contribution in [0, 0.1) is 6.92 Å². The van der Waals surface area contributed by atoms with Gasteiger partial charge < -0.3 is 14.7 Å². The molecule has 0 saturated heterocycles. The molecule has 0 saturated carbocycles. The highest BCUT2D eigenvalue weighted by molar-refractivity contribution is 9.10. The van der Waals surface area contributed by atoms with E-state index in [9.17, 15) is 9.90 Å². The van der Waals surface area contributed by atoms with Gasteiger partial charge in [0.25, 0.3) is 5.56 Å². The second kappa shape index (κ2) is 5.57. The molecule has 3 heterocycles. The Hall–Kier alpha value is -2.45. The highest BCUT2D eigenvalue weighted by atomic mass is 79.9. The fourth-order valence-electron chi connectivity index (χ4n) is 2.92. The van der Waals surface area contributed by atoms with Crippen molar-refractivity contribution in [1.29, 1.82) is 0 Å². The molecule has 4 aromatic rings. The summed E-state index contributed by atoms with van der Waals surface area (Å²) in [6.07, 6.45) is 0. The molecule has 0 radical (unpaired) electrons. The van der Waals surface area contributed by atoms with Crippen LogP contribution in [0.5, 0.6) is 0 Å². The van der Waals surface area contributed by atoms with Gasteiger partial charge in [-0.25, -0.2) is 9.38 Å². The van der Waals surface area contributed by atoms with E-state index in [2.05, 4.69) is 30.9 Å². The molecule has 0 atom stereocenters. The first-order chi connectivity index (χ1) is 11.6. The van der Waals surface area contributed by atoms with Crippen molar-refractivity contribution < 1.29 is 5.11 Å². The van der Waals surface area contributed by atoms with Gasteiger partial charge in [-0.05, 0) is 28.4 Å². The third-order valence-corrected chi connectivity index (χ3v) is 4.65. The third-order valence-electron chi connectivity index (χ3n) is 4.04. The van der Waals surface area contributed by atoms with Gasteiger partial charge in [0, 0.05) is 6.54 Å². The molecule has 0 fully saturated rings. The van der Waals surface area contributed by atoms with Gasteiger partial charge in [-0.3, -0.25) is 4.79 Å². The van der Waals surface area contributed by atoms with Crippen LogP contribution >= 0.6 is 15.9 Å². The van der Waals surface area contributed by atoms with Gasteiger partial charge in [0.1, 0.15) is 0 Å². The lowest BCUT2D eigenvalue weighted by atomic mass is 10.1. The Morgan fingerprint density at radius 1 is 1.25 bits per heavy atom. The lowest BCUT2D eigenvalue weighted by Gasteiger charge is -2.02. The number of rotatable bonds is 3. The smallest absolute Gasteiger partial charge is 0.287 e. The molecule has 0 aliphatic rings. The number of nitrogens with one attached hydrogen (secondary N) is 1. The number of aryl methyl sites for hydroxylation is 1. The summed E-state index contributed by atoms with van der Waals surface area (Å²) in [5.74, 6) is 0.454. The molecule has 0 aliphatic carbocycles. The molecule has 0 amide bonds. The van der Waals surface area contributed by atoms with Crippen molar-refractivity contribution in [3.8, 4) is 11.3 Å². The van der Waals surface area contributed by atoms with Crippen molar-refractivity contribution in [1.82, 2.24) is 23.9 Å². The number of halogens is 1. The number of hydrogen-bond donors (Lipinski definition) is 2. The van der Waals surface area contributed by atoms with Gasteiger partial charge in [-0.15, -0.1) is 0 Å². The molecule has 24 heavy (non-hydrogen) atoms. The van der Waals surface area contributed by atoms with Crippen LogP contribution in [-0.4, -0.2) is 35.6 Å². The fraction of sp³-hybridized carbons (Fsp3) is 0.188. The predicted octanol–water partition coefficient (Wildman–Crippen LogP) is 2.10. The van der Waals surface area contributed by atoms with Gasteiger partial charge in [-0.2, -0.15) is 4.98 Å². The molecule has 0 bridgehead atoms. The summed E-state index contributed by atoms with van der Waals surface area (Å²) >= 11 is 3.32. The van der Waals surface area contributed by atoms with E-state index in [4.69, 9.17) is 0 Å². The van der Waals surface area contributed by atoms with Crippen LogP contribution in [0.3, 0.4) is 0 Å². The van der Waals surface area contributed by atoms with Gasteiger partial charge >= 0.3 is 0 Å². The second-order valence-electron chi connectivity index (χ2n) is 5.46. The summed E-state index contributed by atoms with van der Waals surface area (Å²) in [6, 6.07) is 9.79. The number of imidazole rings is 2. The zero-order valence-electron chi connectivity index (χ0n) is 12.8. The van der Waals surface area contributed by atoms with E-state index in [1.54, 1.807) is 4.57 Å². The quantitative estimate of drug-likeness (QED) is 0.526. The highest BCUT2D eigenvalue weighted by Gasteiger charge is 2.19. The zero-order valence-corrected chi connectivity index (χ0v) is 14.4. The van der Waals surface area contributed by atoms with E-state index in [1.165, 1.54) is 4.40 Å². The number of aliphatic hydroxyl groups is 1. The predicted molar refractivity (Wildman–Crippen MR) is 94.1 cm³/mol. The minimum absolute atomic E-state index is 0.0653. The number of hydrogen-bond acceptors (Lipinski definition) is 4. The average molecular weight is 388 g/mol. The largest absolute Gasteiger partial charge is 0.395 e. The number of aromatic amines is 1. The van der Waals surface area contributed by atoms with Gasteiger partial charge in [0.05, 0.1) is 18.0 Å². The van der Waals surface area contributed by atoms with Crippen LogP contribution in [0.1, 0.15) is 5.69 Å². The first-order valence-electron chi connectivity index (χ1n) is 7.45. The average Bonchev–Trinajstić information content (AvgIpc) is 3.08. The van der Waals surface area contributed by atoms with Gasteiger partial charge in [0.15, 0.2) is 15.9 Å². The van der Waals surface area contributed by atoms with E-state index in [0.717, 1.165) is 17.0 Å². The normalized spacial score (nSPS) is 11.6. The summed E-state index contributed by atoms with van der Waals surface area (Å²) in [7, 11) is 0. The topological polar surface area (TPSA) is 88.2 Å². The summed E-state index contributed by atoms with van der Waals surface area (Å²) in [6.45, 7) is 2.12. The molecule has 3 aromatic heterocycles. The van der Waals surface area contributed by atoms with Gasteiger partial charge in [-0.1, -0.05) is 30.3 Å². The second-order valence-corrected chi connectivity index (χ2v) is 6.16. The molecule has 0 unspecified atom stereocenters. The van der Waals surface area contributed by atoms with E-state index >= 15 is 0 Å². The number of benzene rings is 1. The molecule has 0 spiro atoms. The Kier molecular flexibility index (Phi) is 3.50. The Morgan fingerprint density at radius 2 is 2.00 bits per heavy atom. The first kappa shape index (κ1) is 15.1. The maximum atomic E-state index is 12.9. The maximum Gasteiger partial charge on any atom is 0.287 e. The summed E-state index contributed by atoms with van der Waals surface area (Å²) in [5.41, 5.74) is 3.10. The van der Waals surface area contributed by atoms with Crippen molar-refractivity contribution in [2.24, 2.45) is 0 Å². The molecule has 4 rings (SSSR count). The van der Waals surface area contributed by atoms with E-state index in [1.807, 2.05) is 37.3 Å². The van der Waals surface area contributed by atoms with Crippen molar-refractivity contribution in [3.05, 3.63) is 51.1 Å². The first-order valence-corrected chi connectivity index (χ1v) is 8.24. The molecular formula is C16H14BrN5O2. The fourth-order valence-corrected chi connectivity index (χ4v) is 3.44. The summed E-state index contributed by atoms with van der Waals surface area (Å²) < 4.78 is 3.69. The van der Waals surface area contributed by atoms with Crippen LogP contribution in [-0.2, 0) is 6.54 Å². The Morgan fingerprint density at radius 3 is 2.71 bits per heavy atom. The monoisotopic (exact) mass is 387 g/mol. The number of H-pyrrole nitrogens is 1. The lowest BCUT2D eigenvalue weighted by Crippen LogP contribution is -2.16. The standard InChI is InChI=1S/C16H14BrN5O2/c1-9-11(10-5-3-2-4-6-10)19-16-20-13-12(14(24)22(9)16)18-15(17)21(13)7-8-23/h2-6,23H,7-8H2,1H3,(H,19,20). The molecule has 0 aliphatic heterocycles. The number of fused-ring (bicyclic) bond motifs is 2. The highest BCUT2D eigenvalue weighted by Crippen LogP contribution is 2.23. The number of aromatic nitrogens is 5. The maximum absolute atomic E-state index is 12.9. The van der Waals surface area contributed by atoms with Crippen molar-refractivity contribution in [2.45, 2.75) is 13.5 Å². The summed E-state index contributed by atoms with van der Waals surface area (Å²) in [5, 5.41) is 9.21. The van der Waals surface area contributed by atoms with Gasteiger partial charge in [0.2, 0.25) is 5.78 Å². The third kappa shape index (κ3) is 2.10. The van der Waals surface area contributed by atoms with Crippen LogP contribution in [0.4, 0.5) is 0 Å². The Labute approximate surface area is 144 Å². The van der Waals surface area contributed by atoms with Crippen LogP contribution in [0.2, 0.25) is 0 Å². The molecule has 122 valence electrons.